The van der Waals surface area contributed by atoms with E-state index >= 15 is 0 Å². The van der Waals surface area contributed by atoms with Gasteiger partial charge in [0, 0.05) is 24.0 Å². The lowest BCUT2D eigenvalue weighted by Crippen LogP contribution is -2.41. The maximum absolute atomic E-state index is 12.6. The number of carbonyl (C=O) groups is 2. The second-order valence-corrected chi connectivity index (χ2v) is 6.97. The van der Waals surface area contributed by atoms with Crippen molar-refractivity contribution in [3.8, 4) is 0 Å². The van der Waals surface area contributed by atoms with Crippen molar-refractivity contribution < 1.29 is 9.59 Å². The molecule has 0 unspecified atom stereocenters. The molecule has 0 saturated carbocycles. The van der Waals surface area contributed by atoms with Gasteiger partial charge in [-0.3, -0.25) is 9.59 Å². The quantitative estimate of drug-likeness (QED) is 0.732. The number of nitrogens with zero attached hydrogens (tertiary/aromatic N) is 1. The molecule has 0 radical (unpaired) electrons. The lowest BCUT2D eigenvalue weighted by molar-refractivity contribution is -0.145. The first kappa shape index (κ1) is 17.7. The standard InChI is InChI=1S/C21H22ClNO2/c22-18-11-8-16(9-12-18)10-13-20(24)21(25)23-14-4-7-19(23)15-17-5-2-1-3-6-17/h1-3,5-6,8-9,11-12,19H,4,7,10,13-15H2/t19-/m0/s1. The number of carbonyl (C=O) groups excluding carboxylic acids is 2. The van der Waals surface area contributed by atoms with Gasteiger partial charge < -0.3 is 4.90 Å². The number of aryl methyl sites for hydroxylation is 1. The minimum atomic E-state index is -0.326. The third-order valence-corrected chi connectivity index (χ3v) is 5.00. The molecule has 1 atom stereocenters. The summed E-state index contributed by atoms with van der Waals surface area (Å²) in [5.74, 6) is -0.623. The Morgan fingerprint density at radius 3 is 2.44 bits per heavy atom. The predicted molar refractivity (Wildman–Crippen MR) is 99.7 cm³/mol. The first-order valence-electron chi connectivity index (χ1n) is 8.75. The first-order chi connectivity index (χ1) is 12.1. The molecule has 2 aromatic carbocycles. The molecule has 3 rings (SSSR count). The molecule has 1 amide bonds. The molecular weight excluding hydrogens is 334 g/mol. The molecule has 1 heterocycles. The number of likely N-dealkylation sites (tertiary alicyclic amines) is 1. The minimum Gasteiger partial charge on any atom is -0.333 e. The first-order valence-corrected chi connectivity index (χ1v) is 9.13. The summed E-state index contributed by atoms with van der Waals surface area (Å²) in [4.78, 5) is 26.7. The molecule has 130 valence electrons. The number of hydrogen-bond acceptors (Lipinski definition) is 2. The molecule has 1 saturated heterocycles. The van der Waals surface area contributed by atoms with Gasteiger partial charge in [-0.15, -0.1) is 0 Å². The van der Waals surface area contributed by atoms with E-state index in [1.807, 2.05) is 30.3 Å². The highest BCUT2D eigenvalue weighted by Gasteiger charge is 2.31. The van der Waals surface area contributed by atoms with Crippen LogP contribution < -0.4 is 0 Å². The highest BCUT2D eigenvalue weighted by atomic mass is 35.5. The number of benzene rings is 2. The number of ketones is 1. The minimum absolute atomic E-state index is 0.134. The summed E-state index contributed by atoms with van der Waals surface area (Å²) < 4.78 is 0. The third-order valence-electron chi connectivity index (χ3n) is 4.74. The Labute approximate surface area is 153 Å². The van der Waals surface area contributed by atoms with E-state index in [1.165, 1.54) is 5.56 Å². The van der Waals surface area contributed by atoms with E-state index in [4.69, 9.17) is 11.6 Å². The summed E-state index contributed by atoms with van der Waals surface area (Å²) in [5, 5.41) is 0.673. The molecule has 0 bridgehead atoms. The largest absolute Gasteiger partial charge is 0.333 e. The van der Waals surface area contributed by atoms with Crippen LogP contribution in [0.3, 0.4) is 0 Å². The van der Waals surface area contributed by atoms with Crippen molar-refractivity contribution in [3.05, 3.63) is 70.7 Å². The molecule has 0 aliphatic carbocycles. The molecule has 1 aliphatic heterocycles. The van der Waals surface area contributed by atoms with Crippen LogP contribution in [0.1, 0.15) is 30.4 Å². The Kier molecular flexibility index (Phi) is 5.87. The second kappa shape index (κ2) is 8.30. The van der Waals surface area contributed by atoms with Crippen LogP contribution >= 0.6 is 11.6 Å². The zero-order chi connectivity index (χ0) is 17.6. The van der Waals surface area contributed by atoms with Crippen molar-refractivity contribution in [1.29, 1.82) is 0 Å². The fraction of sp³-hybridized carbons (Fsp3) is 0.333. The maximum Gasteiger partial charge on any atom is 0.290 e. The Bertz CT molecular complexity index is 727. The van der Waals surface area contributed by atoms with Crippen molar-refractivity contribution in [3.63, 3.8) is 0 Å². The van der Waals surface area contributed by atoms with Gasteiger partial charge in [-0.05, 0) is 48.9 Å². The van der Waals surface area contributed by atoms with Crippen LogP contribution in [0, 0.1) is 0 Å². The maximum atomic E-state index is 12.6. The summed E-state index contributed by atoms with van der Waals surface area (Å²) in [6, 6.07) is 17.7. The Hall–Kier alpha value is -2.13. The summed E-state index contributed by atoms with van der Waals surface area (Å²) in [6.07, 6.45) is 3.56. The van der Waals surface area contributed by atoms with Crippen LogP contribution in [-0.4, -0.2) is 29.2 Å². The monoisotopic (exact) mass is 355 g/mol. The molecule has 1 fully saturated rings. The number of halogens is 1. The van der Waals surface area contributed by atoms with Crippen molar-refractivity contribution in [2.45, 2.75) is 38.1 Å². The van der Waals surface area contributed by atoms with Gasteiger partial charge in [0.25, 0.3) is 5.91 Å². The summed E-state index contributed by atoms with van der Waals surface area (Å²) in [6.45, 7) is 0.684. The normalized spacial score (nSPS) is 16.8. The van der Waals surface area contributed by atoms with Crippen LogP contribution in [0.2, 0.25) is 5.02 Å². The average molecular weight is 356 g/mol. The van der Waals surface area contributed by atoms with Gasteiger partial charge in [0.2, 0.25) is 5.78 Å². The van der Waals surface area contributed by atoms with E-state index < -0.39 is 0 Å². The van der Waals surface area contributed by atoms with Crippen LogP contribution in [0.5, 0.6) is 0 Å². The van der Waals surface area contributed by atoms with E-state index in [0.29, 0.717) is 18.0 Å². The van der Waals surface area contributed by atoms with Gasteiger partial charge in [-0.25, -0.2) is 0 Å². The van der Waals surface area contributed by atoms with Crippen LogP contribution in [-0.2, 0) is 22.4 Å². The van der Waals surface area contributed by atoms with Crippen LogP contribution in [0.4, 0.5) is 0 Å². The third kappa shape index (κ3) is 4.70. The van der Waals surface area contributed by atoms with E-state index in [2.05, 4.69) is 12.1 Å². The van der Waals surface area contributed by atoms with Crippen LogP contribution in [0.15, 0.2) is 54.6 Å². The van der Waals surface area contributed by atoms with Crippen molar-refractivity contribution in [2.75, 3.05) is 6.54 Å². The summed E-state index contributed by atoms with van der Waals surface area (Å²) in [5.41, 5.74) is 2.23. The zero-order valence-corrected chi connectivity index (χ0v) is 14.9. The molecular formula is C21H22ClNO2. The van der Waals surface area contributed by atoms with E-state index in [1.54, 1.807) is 17.0 Å². The Morgan fingerprint density at radius 1 is 1.00 bits per heavy atom. The number of hydrogen-bond donors (Lipinski definition) is 0. The molecule has 0 N–H and O–H groups in total. The van der Waals surface area contributed by atoms with Gasteiger partial charge in [0.05, 0.1) is 0 Å². The molecule has 25 heavy (non-hydrogen) atoms. The van der Waals surface area contributed by atoms with Gasteiger partial charge in [-0.1, -0.05) is 54.1 Å². The molecule has 3 nitrogen and oxygen atoms in total. The topological polar surface area (TPSA) is 37.4 Å². The van der Waals surface area contributed by atoms with Gasteiger partial charge in [0.1, 0.15) is 0 Å². The lowest BCUT2D eigenvalue weighted by atomic mass is 10.0. The fourth-order valence-corrected chi connectivity index (χ4v) is 3.50. The molecule has 2 aromatic rings. The SMILES string of the molecule is O=C(CCc1ccc(Cl)cc1)C(=O)N1CCC[C@H]1Cc1ccccc1. The molecule has 0 spiro atoms. The summed E-state index contributed by atoms with van der Waals surface area (Å²) >= 11 is 5.87. The lowest BCUT2D eigenvalue weighted by Gasteiger charge is -2.24. The van der Waals surface area contributed by atoms with Crippen molar-refractivity contribution >= 4 is 23.3 Å². The van der Waals surface area contributed by atoms with Crippen molar-refractivity contribution in [1.82, 2.24) is 4.90 Å². The highest BCUT2D eigenvalue weighted by Crippen LogP contribution is 2.22. The Balaban J connectivity index is 1.57. The molecule has 4 heteroatoms. The molecule has 0 aromatic heterocycles. The van der Waals surface area contributed by atoms with Crippen LogP contribution in [0.25, 0.3) is 0 Å². The number of Topliss-reactive ketones (excluding diaryl/α,β-unsaturated/α-hetero) is 1. The fourth-order valence-electron chi connectivity index (χ4n) is 3.38. The van der Waals surface area contributed by atoms with Gasteiger partial charge in [-0.2, -0.15) is 0 Å². The van der Waals surface area contributed by atoms with Gasteiger partial charge in [0.15, 0.2) is 0 Å². The van der Waals surface area contributed by atoms with Gasteiger partial charge >= 0.3 is 0 Å². The van der Waals surface area contributed by atoms with E-state index in [0.717, 1.165) is 24.8 Å². The highest BCUT2D eigenvalue weighted by molar-refractivity contribution is 6.36. The smallest absolute Gasteiger partial charge is 0.290 e. The van der Waals surface area contributed by atoms with Crippen molar-refractivity contribution in [2.24, 2.45) is 0 Å². The predicted octanol–water partition coefficient (Wildman–Crippen LogP) is 4.08. The Morgan fingerprint density at radius 2 is 1.72 bits per heavy atom. The summed E-state index contributed by atoms with van der Waals surface area (Å²) in [7, 11) is 0. The average Bonchev–Trinajstić information content (AvgIpc) is 3.09. The number of amides is 1. The molecule has 1 aliphatic rings. The van der Waals surface area contributed by atoms with E-state index in [-0.39, 0.29) is 24.2 Å². The number of rotatable bonds is 6. The zero-order valence-electron chi connectivity index (χ0n) is 14.2. The second-order valence-electron chi connectivity index (χ2n) is 6.53. The van der Waals surface area contributed by atoms with E-state index in [9.17, 15) is 9.59 Å².